The van der Waals surface area contributed by atoms with Crippen LogP contribution in [-0.4, -0.2) is 43.3 Å². The Morgan fingerprint density at radius 1 is 1.04 bits per heavy atom. The summed E-state index contributed by atoms with van der Waals surface area (Å²) in [6.45, 7) is 0.308. The van der Waals surface area contributed by atoms with Crippen molar-refractivity contribution in [3.8, 4) is 11.1 Å². The Balaban J connectivity index is 2.06. The molecule has 2 aromatic rings. The van der Waals surface area contributed by atoms with E-state index >= 15 is 0 Å². The zero-order valence-electron chi connectivity index (χ0n) is 14.7. The second kappa shape index (κ2) is 8.62. The van der Waals surface area contributed by atoms with Gasteiger partial charge in [0, 0.05) is 30.8 Å². The Hall–Kier alpha value is -3.41. The highest BCUT2D eigenvalue weighted by molar-refractivity contribution is 5.96. The minimum Gasteiger partial charge on any atom is -0.466 e. The number of methoxy groups -OCH3 is 1. The molecular formula is C20H21N3O3. The molecule has 26 heavy (non-hydrogen) atoms. The number of amidine groups is 1. The summed E-state index contributed by atoms with van der Waals surface area (Å²) in [4.78, 5) is 24.9. The minimum atomic E-state index is -0.453. The van der Waals surface area contributed by atoms with E-state index in [9.17, 15) is 9.59 Å². The first-order valence-electron chi connectivity index (χ1n) is 7.97. The monoisotopic (exact) mass is 351 g/mol. The van der Waals surface area contributed by atoms with Crippen molar-refractivity contribution in [1.82, 2.24) is 4.90 Å². The maximum Gasteiger partial charge on any atom is 0.330 e. The van der Waals surface area contributed by atoms with Crippen molar-refractivity contribution in [3.63, 3.8) is 0 Å². The highest BCUT2D eigenvalue weighted by Crippen LogP contribution is 2.20. The van der Waals surface area contributed by atoms with Gasteiger partial charge >= 0.3 is 5.97 Å². The van der Waals surface area contributed by atoms with E-state index in [1.165, 1.54) is 18.1 Å². The highest BCUT2D eigenvalue weighted by atomic mass is 16.5. The third-order valence-corrected chi connectivity index (χ3v) is 3.84. The van der Waals surface area contributed by atoms with Crippen molar-refractivity contribution in [3.05, 3.63) is 71.8 Å². The normalized spacial score (nSPS) is 10.5. The van der Waals surface area contributed by atoms with E-state index < -0.39 is 5.97 Å². The Morgan fingerprint density at radius 3 is 2.00 bits per heavy atom. The Bertz CT molecular complexity index is 824. The lowest BCUT2D eigenvalue weighted by atomic mass is 10.0. The van der Waals surface area contributed by atoms with Crippen LogP contribution in [0.15, 0.2) is 60.7 Å². The minimum absolute atomic E-state index is 0.0294. The number of benzene rings is 2. The molecule has 0 fully saturated rings. The number of esters is 1. The topological polar surface area (TPSA) is 96.5 Å². The SMILES string of the molecule is COC(=O)/C=C/CN(C)C(=O)c1ccc(-c2ccc(C(=N)N)cc2)cc1. The van der Waals surface area contributed by atoms with Gasteiger partial charge in [-0.3, -0.25) is 10.2 Å². The highest BCUT2D eigenvalue weighted by Gasteiger charge is 2.10. The molecule has 0 aliphatic rings. The van der Waals surface area contributed by atoms with Crippen LogP contribution in [0.3, 0.4) is 0 Å². The summed E-state index contributed by atoms with van der Waals surface area (Å²) in [5, 5.41) is 7.41. The van der Waals surface area contributed by atoms with Gasteiger partial charge in [0.2, 0.25) is 0 Å². The lowest BCUT2D eigenvalue weighted by Gasteiger charge is -2.15. The average Bonchev–Trinajstić information content (AvgIpc) is 2.67. The van der Waals surface area contributed by atoms with Gasteiger partial charge < -0.3 is 15.4 Å². The smallest absolute Gasteiger partial charge is 0.330 e. The van der Waals surface area contributed by atoms with E-state index in [-0.39, 0.29) is 11.7 Å². The van der Waals surface area contributed by atoms with Gasteiger partial charge in [0.1, 0.15) is 5.84 Å². The molecule has 1 amide bonds. The van der Waals surface area contributed by atoms with Gasteiger partial charge in [-0.15, -0.1) is 0 Å². The van der Waals surface area contributed by atoms with Crippen LogP contribution in [0.25, 0.3) is 11.1 Å². The largest absolute Gasteiger partial charge is 0.466 e. The number of hydrogen-bond donors (Lipinski definition) is 2. The summed E-state index contributed by atoms with van der Waals surface area (Å²) in [6.07, 6.45) is 2.87. The molecule has 2 aromatic carbocycles. The fourth-order valence-electron chi connectivity index (χ4n) is 2.33. The van der Waals surface area contributed by atoms with E-state index in [0.717, 1.165) is 11.1 Å². The van der Waals surface area contributed by atoms with Crippen LogP contribution in [-0.2, 0) is 9.53 Å². The predicted molar refractivity (Wildman–Crippen MR) is 101 cm³/mol. The van der Waals surface area contributed by atoms with Crippen molar-refractivity contribution < 1.29 is 14.3 Å². The van der Waals surface area contributed by atoms with Gasteiger partial charge in [0.25, 0.3) is 5.91 Å². The van der Waals surface area contributed by atoms with Gasteiger partial charge in [0.05, 0.1) is 7.11 Å². The first-order valence-corrected chi connectivity index (χ1v) is 7.97. The maximum absolute atomic E-state index is 12.4. The van der Waals surface area contributed by atoms with Gasteiger partial charge in [0.15, 0.2) is 0 Å². The molecule has 0 bridgehead atoms. The summed E-state index contributed by atoms with van der Waals surface area (Å²) in [5.74, 6) is -0.564. The summed E-state index contributed by atoms with van der Waals surface area (Å²) in [6, 6.07) is 14.6. The van der Waals surface area contributed by atoms with Gasteiger partial charge in [-0.25, -0.2) is 4.79 Å². The van der Waals surface area contributed by atoms with Crippen LogP contribution in [0.5, 0.6) is 0 Å². The molecule has 6 heteroatoms. The second-order valence-electron chi connectivity index (χ2n) is 5.68. The van der Waals surface area contributed by atoms with E-state index in [0.29, 0.717) is 17.7 Å². The zero-order chi connectivity index (χ0) is 19.1. The number of amides is 1. The number of hydrogen-bond acceptors (Lipinski definition) is 4. The summed E-state index contributed by atoms with van der Waals surface area (Å²) >= 11 is 0. The number of likely N-dealkylation sites (N-methyl/N-ethyl adjacent to an activating group) is 1. The number of nitrogens with zero attached hydrogens (tertiary/aromatic N) is 1. The number of nitrogens with two attached hydrogens (primary N) is 1. The number of carbonyl (C=O) groups excluding carboxylic acids is 2. The van der Waals surface area contributed by atoms with Crippen molar-refractivity contribution in [1.29, 1.82) is 5.41 Å². The Kier molecular flexibility index (Phi) is 6.27. The molecule has 0 unspecified atom stereocenters. The number of ether oxygens (including phenoxy) is 1. The summed E-state index contributed by atoms with van der Waals surface area (Å²) < 4.78 is 4.50. The molecule has 0 atom stereocenters. The van der Waals surface area contributed by atoms with Crippen molar-refractivity contribution in [2.75, 3.05) is 20.7 Å². The average molecular weight is 351 g/mol. The molecular weight excluding hydrogens is 330 g/mol. The first-order chi connectivity index (χ1) is 12.4. The van der Waals surface area contributed by atoms with E-state index in [1.54, 1.807) is 37.4 Å². The molecule has 6 nitrogen and oxygen atoms in total. The molecule has 134 valence electrons. The van der Waals surface area contributed by atoms with Gasteiger partial charge in [-0.1, -0.05) is 42.5 Å². The molecule has 0 aliphatic heterocycles. The fourth-order valence-corrected chi connectivity index (χ4v) is 2.33. The van der Waals surface area contributed by atoms with Crippen molar-refractivity contribution in [2.24, 2.45) is 5.73 Å². The van der Waals surface area contributed by atoms with Crippen molar-refractivity contribution in [2.45, 2.75) is 0 Å². The molecule has 0 saturated carbocycles. The third kappa shape index (κ3) is 4.80. The lowest BCUT2D eigenvalue weighted by molar-refractivity contribution is -0.134. The second-order valence-corrected chi connectivity index (χ2v) is 5.68. The predicted octanol–water partition coefficient (Wildman–Crippen LogP) is 2.44. The molecule has 0 radical (unpaired) electrons. The fraction of sp³-hybridized carbons (Fsp3) is 0.150. The molecule has 0 heterocycles. The Morgan fingerprint density at radius 2 is 1.54 bits per heavy atom. The number of rotatable bonds is 6. The quantitative estimate of drug-likeness (QED) is 0.361. The van der Waals surface area contributed by atoms with E-state index in [2.05, 4.69) is 4.74 Å². The molecule has 0 aliphatic carbocycles. The van der Waals surface area contributed by atoms with Gasteiger partial charge in [-0.05, 0) is 23.3 Å². The van der Waals surface area contributed by atoms with Crippen molar-refractivity contribution >= 4 is 17.7 Å². The number of nitrogen functional groups attached to an aromatic ring is 1. The number of nitrogens with one attached hydrogen (secondary N) is 1. The van der Waals surface area contributed by atoms with Gasteiger partial charge in [-0.2, -0.15) is 0 Å². The lowest BCUT2D eigenvalue weighted by Crippen LogP contribution is -2.26. The summed E-state index contributed by atoms with van der Waals surface area (Å²) in [5.41, 5.74) is 8.62. The maximum atomic E-state index is 12.4. The molecule has 0 saturated heterocycles. The van der Waals surface area contributed by atoms with Crippen LogP contribution in [0.2, 0.25) is 0 Å². The molecule has 3 N–H and O–H groups in total. The molecule has 0 spiro atoms. The third-order valence-electron chi connectivity index (χ3n) is 3.84. The first kappa shape index (κ1) is 18.9. The van der Waals surface area contributed by atoms with Crippen LogP contribution in [0.1, 0.15) is 15.9 Å². The van der Waals surface area contributed by atoms with Crippen LogP contribution >= 0.6 is 0 Å². The van der Waals surface area contributed by atoms with Crippen LogP contribution < -0.4 is 5.73 Å². The molecule has 0 aromatic heterocycles. The number of carbonyl (C=O) groups is 2. The molecule has 2 rings (SSSR count). The zero-order valence-corrected chi connectivity index (χ0v) is 14.7. The summed E-state index contributed by atoms with van der Waals surface area (Å²) in [7, 11) is 2.97. The Labute approximate surface area is 152 Å². The van der Waals surface area contributed by atoms with E-state index in [1.807, 2.05) is 24.3 Å². The van der Waals surface area contributed by atoms with Crippen LogP contribution in [0.4, 0.5) is 0 Å². The van der Waals surface area contributed by atoms with Crippen LogP contribution in [0, 0.1) is 5.41 Å². The van der Waals surface area contributed by atoms with E-state index in [4.69, 9.17) is 11.1 Å². The standard InChI is InChI=1S/C20H21N3O3/c1-23(13-3-4-18(24)26-2)20(25)17-11-7-15(8-12-17)14-5-9-16(10-6-14)19(21)22/h3-12H,13H2,1-2H3,(H3,21,22)/b4-3+.